The maximum Gasteiger partial charge on any atom is 0.306 e. The van der Waals surface area contributed by atoms with Gasteiger partial charge in [0.1, 0.15) is 23.9 Å². The Hall–Kier alpha value is -2.57. The first-order valence-electron chi connectivity index (χ1n) is 20.8. The number of benzene rings is 1. The highest BCUT2D eigenvalue weighted by molar-refractivity contribution is 8.77. The van der Waals surface area contributed by atoms with Crippen molar-refractivity contribution in [2.45, 2.75) is 111 Å². The van der Waals surface area contributed by atoms with Gasteiger partial charge >= 0.3 is 5.97 Å². The SMILES string of the molecule is CCOC(=O)CCc1cc2ccoc2c2c1OC13C=CC4SSCC(CCC(C)CCCC(O)C4(O1)C1(O)C4C=CC5(CO)C(O)C=CC4C5C3(O)C1O)NCCO2. The molecular weight excluding hydrogens is 787 g/mol. The summed E-state index contributed by atoms with van der Waals surface area (Å²) in [6.07, 6.45) is 10.5. The molecule has 15 heteroatoms. The van der Waals surface area contributed by atoms with Gasteiger partial charge in [-0.2, -0.15) is 0 Å². The van der Waals surface area contributed by atoms with Gasteiger partial charge in [-0.15, -0.1) is 0 Å². The zero-order chi connectivity index (χ0) is 40.7. The number of carbonyl (C=O) groups is 1. The van der Waals surface area contributed by atoms with Gasteiger partial charge in [-0.3, -0.25) is 4.79 Å². The van der Waals surface area contributed by atoms with E-state index in [-0.39, 0.29) is 50.0 Å². The average Bonchev–Trinajstić information content (AvgIpc) is 3.68. The van der Waals surface area contributed by atoms with Crippen LogP contribution in [0.25, 0.3) is 11.0 Å². The summed E-state index contributed by atoms with van der Waals surface area (Å²) in [4.78, 5) is 12.8. The van der Waals surface area contributed by atoms with Crippen molar-refractivity contribution in [1.82, 2.24) is 5.32 Å². The molecule has 10 bridgehead atoms. The lowest BCUT2D eigenvalue weighted by atomic mass is 9.38. The minimum atomic E-state index is -2.59. The van der Waals surface area contributed by atoms with Crippen LogP contribution in [0.5, 0.6) is 11.5 Å². The van der Waals surface area contributed by atoms with Crippen molar-refractivity contribution in [3.63, 3.8) is 0 Å². The quantitative estimate of drug-likeness (QED) is 0.131. The van der Waals surface area contributed by atoms with Crippen molar-refractivity contribution in [2.75, 3.05) is 32.1 Å². The van der Waals surface area contributed by atoms with Crippen LogP contribution >= 0.6 is 21.6 Å². The van der Waals surface area contributed by atoms with Crippen LogP contribution in [0.4, 0.5) is 0 Å². The van der Waals surface area contributed by atoms with E-state index in [1.165, 1.54) is 17.1 Å². The Morgan fingerprint density at radius 1 is 1.03 bits per heavy atom. The summed E-state index contributed by atoms with van der Waals surface area (Å²) in [5.74, 6) is -4.35. The van der Waals surface area contributed by atoms with Gasteiger partial charge in [0.2, 0.25) is 5.75 Å². The summed E-state index contributed by atoms with van der Waals surface area (Å²) in [5, 5.41) is 80.0. The number of esters is 1. The lowest BCUT2D eigenvalue weighted by Crippen LogP contribution is -2.94. The summed E-state index contributed by atoms with van der Waals surface area (Å²) in [5.41, 5.74) is -7.57. The van der Waals surface area contributed by atoms with Gasteiger partial charge in [0.05, 0.1) is 36.9 Å². The fraction of sp³-hybridized carbons (Fsp3) is 0.651. The number of allylic oxidation sites excluding steroid dienone is 1. The summed E-state index contributed by atoms with van der Waals surface area (Å²) >= 11 is 0. The van der Waals surface area contributed by atoms with Gasteiger partial charge in [-0.1, -0.05) is 71.7 Å². The van der Waals surface area contributed by atoms with Crippen molar-refractivity contribution < 1.29 is 58.8 Å². The predicted octanol–water partition coefficient (Wildman–Crippen LogP) is 3.57. The van der Waals surface area contributed by atoms with E-state index in [0.29, 0.717) is 41.2 Å². The molecule has 3 fully saturated rings. The number of hydrogen-bond donors (Lipinski definition) is 7. The van der Waals surface area contributed by atoms with Crippen LogP contribution in [0.2, 0.25) is 0 Å². The molecule has 0 radical (unpaired) electrons. The molecule has 1 aromatic carbocycles. The molecule has 3 aliphatic carbocycles. The molecule has 1 saturated carbocycles. The summed E-state index contributed by atoms with van der Waals surface area (Å²) in [6.45, 7) is 4.21. The van der Waals surface area contributed by atoms with Crippen molar-refractivity contribution in [3.05, 3.63) is 60.4 Å². The molecule has 316 valence electrons. The smallest absolute Gasteiger partial charge is 0.306 e. The van der Waals surface area contributed by atoms with Crippen LogP contribution < -0.4 is 14.8 Å². The molecule has 1 aromatic heterocycles. The minimum absolute atomic E-state index is 0.0225. The molecule has 5 aliphatic heterocycles. The molecule has 0 amide bonds. The molecule has 58 heavy (non-hydrogen) atoms. The lowest BCUT2D eigenvalue weighted by molar-refractivity contribution is -0.469. The van der Waals surface area contributed by atoms with Crippen LogP contribution in [-0.2, 0) is 20.7 Å². The van der Waals surface area contributed by atoms with E-state index in [4.69, 9.17) is 23.4 Å². The van der Waals surface area contributed by atoms with Gasteiger partial charge in [0, 0.05) is 47.4 Å². The number of aryl methyl sites for hydroxylation is 1. The Balaban J connectivity index is 1.33. The van der Waals surface area contributed by atoms with E-state index in [2.05, 4.69) is 12.2 Å². The van der Waals surface area contributed by atoms with E-state index < -0.39 is 81.9 Å². The standard InChI is InChI=1S/C43H55NO12S2/c1-3-52-33(48)12-8-25-21-26-15-19-53-34(26)36-35(25)55-40-17-14-32-43(56-40,31(47)6-4-5-24(2)7-9-27(22-57-58-32)44-18-20-54-36)41(50)29-13-16-39(23-45)30(46)11-10-28(29)37(39)42(40,51)38(41)49/h10-11,13-17,19,21,24,27-32,37-38,44-47,49-51H,3-9,12,18,20,22-23H2,1-2H3. The second kappa shape index (κ2) is 15.1. The van der Waals surface area contributed by atoms with E-state index in [9.17, 15) is 35.4 Å². The molecule has 2 spiro atoms. The second-order valence-electron chi connectivity index (χ2n) is 17.4. The zero-order valence-corrected chi connectivity index (χ0v) is 34.5. The van der Waals surface area contributed by atoms with E-state index >= 15 is 0 Å². The van der Waals surface area contributed by atoms with Crippen LogP contribution in [0.1, 0.15) is 57.9 Å². The number of carbonyl (C=O) groups excluding carboxylic acids is 1. The summed E-state index contributed by atoms with van der Waals surface area (Å²) < 4.78 is 32.5. The predicted molar refractivity (Wildman–Crippen MR) is 217 cm³/mol. The number of hydrogen-bond acceptors (Lipinski definition) is 15. The Labute approximate surface area is 345 Å². The monoisotopic (exact) mass is 841 g/mol. The summed E-state index contributed by atoms with van der Waals surface area (Å²) in [7, 11) is 3.04. The fourth-order valence-electron chi connectivity index (χ4n) is 11.5. The summed E-state index contributed by atoms with van der Waals surface area (Å²) in [6, 6.07) is 3.69. The first-order valence-corrected chi connectivity index (χ1v) is 23.2. The highest BCUT2D eigenvalue weighted by Gasteiger charge is 2.88. The second-order valence-corrected chi connectivity index (χ2v) is 19.9. The van der Waals surface area contributed by atoms with E-state index in [1.54, 1.807) is 60.2 Å². The third-order valence-corrected chi connectivity index (χ3v) is 17.2. The highest BCUT2D eigenvalue weighted by Crippen LogP contribution is 2.72. The molecule has 2 aromatic rings. The number of ether oxygens (including phenoxy) is 4. The van der Waals surface area contributed by atoms with Crippen molar-refractivity contribution >= 4 is 38.5 Å². The number of nitrogens with one attached hydrogen (secondary N) is 1. The van der Waals surface area contributed by atoms with Crippen molar-refractivity contribution in [3.8, 4) is 11.5 Å². The third kappa shape index (κ3) is 5.71. The van der Waals surface area contributed by atoms with Gasteiger partial charge in [0.15, 0.2) is 16.9 Å². The molecule has 2 saturated heterocycles. The maximum absolute atomic E-state index is 13.8. The molecule has 8 aliphatic rings. The average molecular weight is 842 g/mol. The minimum Gasteiger partial charge on any atom is -0.485 e. The topological polar surface area (TPSA) is 201 Å². The largest absolute Gasteiger partial charge is 0.485 e. The lowest BCUT2D eigenvalue weighted by Gasteiger charge is -2.76. The van der Waals surface area contributed by atoms with Gasteiger partial charge in [-0.25, -0.2) is 0 Å². The third-order valence-electron chi connectivity index (χ3n) is 14.4. The van der Waals surface area contributed by atoms with Crippen LogP contribution in [0, 0.1) is 29.1 Å². The molecule has 14 atom stereocenters. The van der Waals surface area contributed by atoms with E-state index in [1.807, 2.05) is 6.07 Å². The number of fused-ring (bicyclic) bond motifs is 7. The van der Waals surface area contributed by atoms with Gasteiger partial charge in [0.25, 0.3) is 5.79 Å². The van der Waals surface area contributed by atoms with Crippen LogP contribution in [0.15, 0.2) is 59.3 Å². The fourth-order valence-corrected chi connectivity index (χ4v) is 14.6. The van der Waals surface area contributed by atoms with Crippen molar-refractivity contribution in [1.29, 1.82) is 0 Å². The van der Waals surface area contributed by atoms with Gasteiger partial charge < -0.3 is 59.3 Å². The number of aliphatic hydroxyl groups excluding tert-OH is 4. The first kappa shape index (κ1) is 40.8. The molecule has 10 rings (SSSR count). The number of rotatable bonds is 5. The van der Waals surface area contributed by atoms with Crippen LogP contribution in [0.3, 0.4) is 0 Å². The molecule has 7 N–H and O–H groups in total. The first-order chi connectivity index (χ1) is 27.9. The van der Waals surface area contributed by atoms with E-state index in [0.717, 1.165) is 19.3 Å². The number of furan rings is 1. The molecule has 13 nitrogen and oxygen atoms in total. The molecular formula is C43H55NO12S2. The van der Waals surface area contributed by atoms with Crippen molar-refractivity contribution in [2.24, 2.45) is 29.1 Å². The Kier molecular flexibility index (Phi) is 10.6. The Morgan fingerprint density at radius 3 is 2.69 bits per heavy atom. The van der Waals surface area contributed by atoms with Crippen LogP contribution in [-0.4, -0.2) is 121 Å². The maximum atomic E-state index is 13.8. The molecule has 6 heterocycles. The Bertz CT molecular complexity index is 1990. The number of aliphatic hydroxyl groups is 6. The Morgan fingerprint density at radius 2 is 1.88 bits per heavy atom. The highest BCUT2D eigenvalue weighted by atomic mass is 33.1. The zero-order valence-electron chi connectivity index (χ0n) is 32.8. The van der Waals surface area contributed by atoms with Gasteiger partial charge in [-0.05, 0) is 68.2 Å². The molecule has 14 unspecified atom stereocenters. The normalized spacial score (nSPS) is 44.3.